The van der Waals surface area contributed by atoms with Gasteiger partial charge in [-0.2, -0.15) is 0 Å². The number of hydrogen-bond acceptors (Lipinski definition) is 4. The van der Waals surface area contributed by atoms with Crippen molar-refractivity contribution in [3.05, 3.63) is 16.8 Å². The summed E-state index contributed by atoms with van der Waals surface area (Å²) in [4.78, 5) is 0. The van der Waals surface area contributed by atoms with Crippen LogP contribution in [0.15, 0.2) is 6.07 Å². The van der Waals surface area contributed by atoms with Gasteiger partial charge < -0.3 is 9.84 Å². The van der Waals surface area contributed by atoms with E-state index in [0.717, 1.165) is 0 Å². The summed E-state index contributed by atoms with van der Waals surface area (Å²) in [6.07, 6.45) is 0. The first-order valence-electron chi connectivity index (χ1n) is 2.95. The Balaban J connectivity index is 3.02. The van der Waals surface area contributed by atoms with Gasteiger partial charge in [-0.25, -0.2) is 0 Å². The number of rotatable bonds is 2. The molecule has 1 N–H and O–H groups in total. The molecular weight excluding hydrogens is 168 g/mol. The van der Waals surface area contributed by atoms with Crippen LogP contribution in [0.2, 0.25) is 5.15 Å². The highest BCUT2D eigenvalue weighted by molar-refractivity contribution is 6.30. The number of aromatic nitrogens is 2. The Morgan fingerprint density at radius 2 is 2.36 bits per heavy atom. The van der Waals surface area contributed by atoms with E-state index in [1.807, 2.05) is 0 Å². The lowest BCUT2D eigenvalue weighted by Crippen LogP contribution is -1.95. The van der Waals surface area contributed by atoms with Crippen LogP contribution in [0.1, 0.15) is 5.56 Å². The van der Waals surface area contributed by atoms with E-state index in [2.05, 4.69) is 10.2 Å². The molecule has 5 heteroatoms. The second-order valence-corrected chi connectivity index (χ2v) is 2.22. The monoisotopic (exact) mass is 174 g/mol. The van der Waals surface area contributed by atoms with E-state index in [-0.39, 0.29) is 11.8 Å². The third kappa shape index (κ3) is 1.78. The van der Waals surface area contributed by atoms with Crippen LogP contribution < -0.4 is 4.74 Å². The molecule has 0 aliphatic rings. The van der Waals surface area contributed by atoms with Gasteiger partial charge in [-0.05, 0) is 0 Å². The van der Waals surface area contributed by atoms with Gasteiger partial charge in [0.15, 0.2) is 5.15 Å². The highest BCUT2D eigenvalue weighted by Gasteiger charge is 2.02. The number of aliphatic hydroxyl groups excluding tert-OH is 1. The minimum Gasteiger partial charge on any atom is -0.480 e. The summed E-state index contributed by atoms with van der Waals surface area (Å²) in [5.74, 6) is 0.346. The summed E-state index contributed by atoms with van der Waals surface area (Å²) in [7, 11) is 1.47. The van der Waals surface area contributed by atoms with Crippen molar-refractivity contribution >= 4 is 11.6 Å². The third-order valence-electron chi connectivity index (χ3n) is 1.18. The maximum absolute atomic E-state index is 8.73. The molecule has 0 unspecified atom stereocenters. The summed E-state index contributed by atoms with van der Waals surface area (Å²) in [6.45, 7) is -0.162. The zero-order valence-electron chi connectivity index (χ0n) is 5.91. The van der Waals surface area contributed by atoms with Crippen LogP contribution in [0.3, 0.4) is 0 Å². The van der Waals surface area contributed by atoms with Gasteiger partial charge >= 0.3 is 0 Å². The first-order chi connectivity index (χ1) is 5.27. The lowest BCUT2D eigenvalue weighted by molar-refractivity contribution is 0.279. The molecule has 0 saturated heterocycles. The third-order valence-corrected chi connectivity index (χ3v) is 1.50. The molecule has 0 bridgehead atoms. The fraction of sp³-hybridized carbons (Fsp3) is 0.333. The van der Waals surface area contributed by atoms with Crippen molar-refractivity contribution in [2.45, 2.75) is 6.61 Å². The minimum absolute atomic E-state index is 0.162. The number of aliphatic hydroxyl groups is 1. The van der Waals surface area contributed by atoms with Gasteiger partial charge in [0.25, 0.3) is 0 Å². The normalized spacial score (nSPS) is 9.73. The minimum atomic E-state index is -0.162. The molecule has 1 aromatic rings. The quantitative estimate of drug-likeness (QED) is 0.715. The van der Waals surface area contributed by atoms with Crippen LogP contribution in [0.5, 0.6) is 5.88 Å². The Bertz CT molecular complexity index is 254. The lowest BCUT2D eigenvalue weighted by Gasteiger charge is -2.00. The molecule has 0 fully saturated rings. The van der Waals surface area contributed by atoms with Crippen molar-refractivity contribution < 1.29 is 9.84 Å². The molecule has 0 radical (unpaired) electrons. The molecule has 0 spiro atoms. The predicted molar refractivity (Wildman–Crippen MR) is 39.5 cm³/mol. The molecule has 0 aromatic carbocycles. The van der Waals surface area contributed by atoms with Crippen molar-refractivity contribution in [1.29, 1.82) is 0 Å². The number of halogens is 1. The van der Waals surface area contributed by atoms with Gasteiger partial charge in [-0.15, -0.1) is 10.2 Å². The Hall–Kier alpha value is -0.870. The summed E-state index contributed by atoms with van der Waals surface area (Å²) in [5.41, 5.74) is 0.513. The highest BCUT2D eigenvalue weighted by atomic mass is 35.5. The van der Waals surface area contributed by atoms with Crippen LogP contribution in [0.4, 0.5) is 0 Å². The average molecular weight is 175 g/mol. The standard InChI is InChI=1S/C6H7ClN2O2/c1-11-5-2-4(3-10)6(7)9-8-5/h2,10H,3H2,1H3. The molecule has 11 heavy (non-hydrogen) atoms. The van der Waals surface area contributed by atoms with Crippen LogP contribution in [-0.2, 0) is 6.61 Å². The second-order valence-electron chi connectivity index (χ2n) is 1.86. The van der Waals surface area contributed by atoms with Crippen LogP contribution in [-0.4, -0.2) is 22.4 Å². The number of ether oxygens (including phenoxy) is 1. The molecule has 1 heterocycles. The molecular formula is C6H7ClN2O2. The van der Waals surface area contributed by atoms with E-state index < -0.39 is 0 Å². The van der Waals surface area contributed by atoms with Crippen LogP contribution >= 0.6 is 11.6 Å². The number of nitrogens with zero attached hydrogens (tertiary/aromatic N) is 2. The molecule has 0 amide bonds. The van der Waals surface area contributed by atoms with Gasteiger partial charge in [0.1, 0.15) is 0 Å². The molecule has 4 nitrogen and oxygen atoms in total. The Labute approximate surface area is 68.8 Å². The summed E-state index contributed by atoms with van der Waals surface area (Å²) in [5, 5.41) is 16.1. The van der Waals surface area contributed by atoms with E-state index in [1.54, 1.807) is 0 Å². The number of hydrogen-bond donors (Lipinski definition) is 1. The Morgan fingerprint density at radius 1 is 1.64 bits per heavy atom. The van der Waals surface area contributed by atoms with Crippen molar-refractivity contribution in [1.82, 2.24) is 10.2 Å². The first kappa shape index (κ1) is 8.23. The van der Waals surface area contributed by atoms with Crippen molar-refractivity contribution in [2.75, 3.05) is 7.11 Å². The number of methoxy groups -OCH3 is 1. The second kappa shape index (κ2) is 3.50. The summed E-state index contributed by atoms with van der Waals surface area (Å²) < 4.78 is 4.77. The van der Waals surface area contributed by atoms with Gasteiger partial charge in [0.2, 0.25) is 5.88 Å². The Morgan fingerprint density at radius 3 is 2.91 bits per heavy atom. The highest BCUT2D eigenvalue weighted by Crippen LogP contribution is 2.15. The van der Waals surface area contributed by atoms with E-state index >= 15 is 0 Å². The molecule has 0 saturated carbocycles. The van der Waals surface area contributed by atoms with Crippen LogP contribution in [0, 0.1) is 0 Å². The smallest absolute Gasteiger partial charge is 0.233 e. The fourth-order valence-electron chi connectivity index (χ4n) is 0.605. The molecule has 1 rings (SSSR count). The maximum Gasteiger partial charge on any atom is 0.233 e. The van der Waals surface area contributed by atoms with Crippen molar-refractivity contribution in [3.63, 3.8) is 0 Å². The predicted octanol–water partition coefficient (Wildman–Crippen LogP) is 0.631. The van der Waals surface area contributed by atoms with Gasteiger partial charge in [-0.3, -0.25) is 0 Å². The van der Waals surface area contributed by atoms with Crippen LogP contribution in [0.25, 0.3) is 0 Å². The zero-order chi connectivity index (χ0) is 8.27. The van der Waals surface area contributed by atoms with E-state index in [0.29, 0.717) is 11.4 Å². The van der Waals surface area contributed by atoms with E-state index in [4.69, 9.17) is 21.4 Å². The SMILES string of the molecule is COc1cc(CO)c(Cl)nn1. The molecule has 60 valence electrons. The summed E-state index contributed by atoms with van der Waals surface area (Å²) in [6, 6.07) is 1.54. The fourth-order valence-corrected chi connectivity index (χ4v) is 0.758. The van der Waals surface area contributed by atoms with E-state index in [9.17, 15) is 0 Å². The zero-order valence-corrected chi connectivity index (χ0v) is 6.67. The first-order valence-corrected chi connectivity index (χ1v) is 3.32. The molecule has 0 aliphatic carbocycles. The van der Waals surface area contributed by atoms with Gasteiger partial charge in [0.05, 0.1) is 13.7 Å². The van der Waals surface area contributed by atoms with Crippen molar-refractivity contribution in [3.8, 4) is 5.88 Å². The molecule has 1 aromatic heterocycles. The Kier molecular flexibility index (Phi) is 2.62. The van der Waals surface area contributed by atoms with Crippen molar-refractivity contribution in [2.24, 2.45) is 0 Å². The van der Waals surface area contributed by atoms with E-state index in [1.165, 1.54) is 13.2 Å². The largest absolute Gasteiger partial charge is 0.480 e. The maximum atomic E-state index is 8.73. The lowest BCUT2D eigenvalue weighted by atomic mass is 10.3. The van der Waals surface area contributed by atoms with Gasteiger partial charge in [0, 0.05) is 11.6 Å². The molecule has 0 atom stereocenters. The molecule has 0 aliphatic heterocycles. The average Bonchev–Trinajstić information content (AvgIpc) is 2.05. The summed E-state index contributed by atoms with van der Waals surface area (Å²) >= 11 is 5.56. The topological polar surface area (TPSA) is 55.2 Å². The van der Waals surface area contributed by atoms with Gasteiger partial charge in [-0.1, -0.05) is 11.6 Å².